The van der Waals surface area contributed by atoms with Crippen molar-refractivity contribution < 1.29 is 4.79 Å². The van der Waals surface area contributed by atoms with Gasteiger partial charge in [-0.15, -0.1) is 0 Å². The number of piperidine rings is 1. The fourth-order valence-corrected chi connectivity index (χ4v) is 2.34. The van der Waals surface area contributed by atoms with E-state index in [0.29, 0.717) is 12.6 Å². The Morgan fingerprint density at radius 1 is 1.36 bits per heavy atom. The molecule has 22 heavy (non-hydrogen) atoms. The summed E-state index contributed by atoms with van der Waals surface area (Å²) in [6.07, 6.45) is 5.34. The second-order valence-corrected chi connectivity index (χ2v) is 5.98. The van der Waals surface area contributed by atoms with Crippen molar-refractivity contribution in [1.29, 1.82) is 0 Å². The van der Waals surface area contributed by atoms with Crippen LogP contribution in [0.1, 0.15) is 19.8 Å². The first-order chi connectivity index (χ1) is 10.6. The van der Waals surface area contributed by atoms with Crippen molar-refractivity contribution in [2.75, 3.05) is 38.6 Å². The van der Waals surface area contributed by atoms with Gasteiger partial charge >= 0.3 is 6.03 Å². The molecule has 1 aromatic rings. The zero-order valence-electron chi connectivity index (χ0n) is 13.6. The fraction of sp³-hybridized carbons (Fsp3) is 0.667. The summed E-state index contributed by atoms with van der Waals surface area (Å²) in [5, 5.41) is 5.97. The largest absolute Gasteiger partial charge is 0.341 e. The number of amides is 2. The van der Waals surface area contributed by atoms with E-state index in [1.165, 1.54) is 0 Å². The summed E-state index contributed by atoms with van der Waals surface area (Å²) in [6.45, 7) is 4.46. The lowest BCUT2D eigenvalue weighted by Gasteiger charge is -2.32. The van der Waals surface area contributed by atoms with E-state index in [-0.39, 0.29) is 12.1 Å². The molecule has 0 spiro atoms. The van der Waals surface area contributed by atoms with Gasteiger partial charge in [-0.2, -0.15) is 0 Å². The molecule has 1 aromatic heterocycles. The van der Waals surface area contributed by atoms with Gasteiger partial charge in [0.05, 0.1) is 0 Å². The normalized spacial score (nSPS) is 17.4. The molecule has 0 saturated carbocycles. The van der Waals surface area contributed by atoms with Crippen LogP contribution in [0.15, 0.2) is 18.5 Å². The van der Waals surface area contributed by atoms with E-state index in [1.54, 1.807) is 12.4 Å². The van der Waals surface area contributed by atoms with Crippen molar-refractivity contribution in [2.24, 2.45) is 0 Å². The molecule has 0 radical (unpaired) electrons. The number of nitrogens with one attached hydrogen (secondary N) is 2. The van der Waals surface area contributed by atoms with Gasteiger partial charge in [0.25, 0.3) is 0 Å². The van der Waals surface area contributed by atoms with E-state index in [2.05, 4.69) is 37.3 Å². The highest BCUT2D eigenvalue weighted by Crippen LogP contribution is 2.15. The van der Waals surface area contributed by atoms with E-state index < -0.39 is 0 Å². The van der Waals surface area contributed by atoms with E-state index in [1.807, 2.05) is 20.2 Å². The highest BCUT2D eigenvalue weighted by atomic mass is 16.2. The molecular weight excluding hydrogens is 280 g/mol. The molecule has 2 rings (SSSR count). The van der Waals surface area contributed by atoms with Crippen LogP contribution in [0.4, 0.5) is 10.7 Å². The number of rotatable bonds is 5. The number of urea groups is 1. The van der Waals surface area contributed by atoms with Crippen LogP contribution in [0.5, 0.6) is 0 Å². The Hall–Kier alpha value is -1.89. The summed E-state index contributed by atoms with van der Waals surface area (Å²) in [5.41, 5.74) is 0. The van der Waals surface area contributed by atoms with E-state index in [0.717, 1.165) is 31.9 Å². The molecule has 7 heteroatoms. The van der Waals surface area contributed by atoms with Gasteiger partial charge < -0.3 is 20.4 Å². The molecule has 2 N–H and O–H groups in total. The first-order valence-corrected chi connectivity index (χ1v) is 7.79. The Kier molecular flexibility index (Phi) is 5.94. The summed E-state index contributed by atoms with van der Waals surface area (Å²) in [6, 6.07) is 2.28. The van der Waals surface area contributed by atoms with Crippen LogP contribution in [0.25, 0.3) is 0 Å². The first kappa shape index (κ1) is 16.5. The predicted octanol–water partition coefficient (Wildman–Crippen LogP) is 0.695. The van der Waals surface area contributed by atoms with Gasteiger partial charge in [-0.25, -0.2) is 14.8 Å². The number of likely N-dealkylation sites (N-methyl/N-ethyl adjacent to an activating group) is 1. The van der Waals surface area contributed by atoms with Gasteiger partial charge in [-0.1, -0.05) is 0 Å². The lowest BCUT2D eigenvalue weighted by molar-refractivity contribution is 0.228. The van der Waals surface area contributed by atoms with E-state index in [4.69, 9.17) is 0 Å². The number of hydrogen-bond donors (Lipinski definition) is 2. The molecule has 1 fully saturated rings. The van der Waals surface area contributed by atoms with Crippen LogP contribution in [0.3, 0.4) is 0 Å². The number of nitrogens with zero attached hydrogens (tertiary/aromatic N) is 4. The Labute approximate surface area is 132 Å². The summed E-state index contributed by atoms with van der Waals surface area (Å²) in [4.78, 5) is 24.7. The Morgan fingerprint density at radius 3 is 2.59 bits per heavy atom. The summed E-state index contributed by atoms with van der Waals surface area (Å²) in [7, 11) is 4.01. The summed E-state index contributed by atoms with van der Waals surface area (Å²) < 4.78 is 0. The fourth-order valence-electron chi connectivity index (χ4n) is 2.34. The summed E-state index contributed by atoms with van der Waals surface area (Å²) in [5.74, 6) is 0.769. The highest BCUT2D eigenvalue weighted by molar-refractivity contribution is 5.74. The number of hydrogen-bond acceptors (Lipinski definition) is 5. The average molecular weight is 306 g/mol. The van der Waals surface area contributed by atoms with E-state index >= 15 is 0 Å². The van der Waals surface area contributed by atoms with Crippen LogP contribution < -0.4 is 15.5 Å². The van der Waals surface area contributed by atoms with Crippen molar-refractivity contribution in [3.8, 4) is 0 Å². The van der Waals surface area contributed by atoms with Gasteiger partial charge in [0, 0.05) is 44.1 Å². The van der Waals surface area contributed by atoms with Crippen LogP contribution in [-0.4, -0.2) is 66.7 Å². The number of carbonyl (C=O) groups excluding carboxylic acids is 1. The molecule has 1 saturated heterocycles. The van der Waals surface area contributed by atoms with Gasteiger partial charge in [-0.05, 0) is 39.9 Å². The molecule has 0 aromatic carbocycles. The maximum Gasteiger partial charge on any atom is 0.315 e. The van der Waals surface area contributed by atoms with Crippen LogP contribution >= 0.6 is 0 Å². The minimum atomic E-state index is -0.0805. The average Bonchev–Trinajstić information content (AvgIpc) is 2.54. The quantitative estimate of drug-likeness (QED) is 0.837. The maximum absolute atomic E-state index is 11.9. The van der Waals surface area contributed by atoms with Crippen molar-refractivity contribution in [1.82, 2.24) is 25.5 Å². The summed E-state index contributed by atoms with van der Waals surface area (Å²) >= 11 is 0. The second kappa shape index (κ2) is 7.93. The molecule has 0 bridgehead atoms. The zero-order chi connectivity index (χ0) is 15.9. The minimum absolute atomic E-state index is 0.0805. The third kappa shape index (κ3) is 4.84. The zero-order valence-corrected chi connectivity index (χ0v) is 13.6. The molecule has 1 aliphatic rings. The number of carbonyl (C=O) groups is 1. The predicted molar refractivity (Wildman–Crippen MR) is 87.0 cm³/mol. The Bertz CT molecular complexity index is 458. The second-order valence-electron chi connectivity index (χ2n) is 5.98. The number of aromatic nitrogens is 2. The first-order valence-electron chi connectivity index (χ1n) is 7.79. The third-order valence-corrected chi connectivity index (χ3v) is 4.10. The molecule has 0 unspecified atom stereocenters. The van der Waals surface area contributed by atoms with E-state index in [9.17, 15) is 4.79 Å². The SMILES string of the molecule is C[C@H](CNC(=O)NC1CCN(c2ncccn2)CC1)N(C)C. The van der Waals surface area contributed by atoms with Crippen molar-refractivity contribution in [3.05, 3.63) is 18.5 Å². The molecule has 1 atom stereocenters. The maximum atomic E-state index is 11.9. The molecule has 0 aliphatic carbocycles. The van der Waals surface area contributed by atoms with Gasteiger partial charge in [-0.3, -0.25) is 0 Å². The van der Waals surface area contributed by atoms with Gasteiger partial charge in [0.2, 0.25) is 5.95 Å². The van der Waals surface area contributed by atoms with Crippen LogP contribution in [0, 0.1) is 0 Å². The molecule has 7 nitrogen and oxygen atoms in total. The van der Waals surface area contributed by atoms with Crippen LogP contribution in [0.2, 0.25) is 0 Å². The lowest BCUT2D eigenvalue weighted by atomic mass is 10.1. The van der Waals surface area contributed by atoms with Gasteiger partial charge in [0.15, 0.2) is 0 Å². The lowest BCUT2D eigenvalue weighted by Crippen LogP contribution is -2.50. The molecule has 1 aliphatic heterocycles. The smallest absolute Gasteiger partial charge is 0.315 e. The molecular formula is C15H26N6O. The molecule has 122 valence electrons. The number of anilines is 1. The standard InChI is InChI=1S/C15H26N6O/c1-12(20(2)3)11-18-15(22)19-13-5-9-21(10-6-13)14-16-7-4-8-17-14/h4,7-8,12-13H,5-6,9-11H2,1-3H3,(H2,18,19,22)/t12-/m1/s1. The van der Waals surface area contributed by atoms with Crippen molar-refractivity contribution in [2.45, 2.75) is 31.8 Å². The third-order valence-electron chi connectivity index (χ3n) is 4.10. The molecule has 2 amide bonds. The topological polar surface area (TPSA) is 73.4 Å². The monoisotopic (exact) mass is 306 g/mol. The minimum Gasteiger partial charge on any atom is -0.341 e. The van der Waals surface area contributed by atoms with Crippen molar-refractivity contribution >= 4 is 12.0 Å². The molecule has 2 heterocycles. The van der Waals surface area contributed by atoms with Crippen LogP contribution in [-0.2, 0) is 0 Å². The Morgan fingerprint density at radius 2 is 2.00 bits per heavy atom. The Balaban J connectivity index is 1.70. The van der Waals surface area contributed by atoms with Gasteiger partial charge in [0.1, 0.15) is 0 Å². The van der Waals surface area contributed by atoms with Crippen molar-refractivity contribution in [3.63, 3.8) is 0 Å². The highest BCUT2D eigenvalue weighted by Gasteiger charge is 2.22.